The maximum atomic E-state index is 12.6. The van der Waals surface area contributed by atoms with Gasteiger partial charge in [0.05, 0.1) is 23.2 Å². The third kappa shape index (κ3) is 3.34. The highest BCUT2D eigenvalue weighted by molar-refractivity contribution is 6.31. The minimum Gasteiger partial charge on any atom is -0.395 e. The van der Waals surface area contributed by atoms with Gasteiger partial charge in [-0.15, -0.1) is 0 Å². The second-order valence-electron chi connectivity index (χ2n) is 7.18. The Balaban J connectivity index is 2.24. The number of nitrogens with two attached hydrogens (primary N) is 1. The smallest absolute Gasteiger partial charge is 0.268 e. The normalized spacial score (nSPS) is 11.7. The number of nitrogens with zero attached hydrogens (tertiary/aromatic N) is 1. The van der Waals surface area contributed by atoms with E-state index in [1.54, 1.807) is 12.1 Å². The third-order valence-electron chi connectivity index (χ3n) is 4.70. The fourth-order valence-corrected chi connectivity index (χ4v) is 3.53. The molecule has 0 unspecified atom stereocenters. The number of H-pyrrole nitrogens is 1. The molecule has 2 aromatic heterocycles. The van der Waals surface area contributed by atoms with Gasteiger partial charge in [0, 0.05) is 28.3 Å². The van der Waals surface area contributed by atoms with Crippen LogP contribution in [0.4, 0.5) is 0 Å². The molecule has 0 saturated heterocycles. The van der Waals surface area contributed by atoms with Crippen LogP contribution in [0.1, 0.15) is 35.5 Å². The third-order valence-corrected chi connectivity index (χ3v) is 5.02. The molecule has 0 aliphatic heterocycles. The highest BCUT2D eigenvalue weighted by atomic mass is 35.5. The SMILES string of the molecule is Cc1cc(C(C)(C)CO)c(Cl)cc1-c1cc(=O)c2c(C(N)=O)nccc2[nH]1. The molecule has 6 nitrogen and oxygen atoms in total. The summed E-state index contributed by atoms with van der Waals surface area (Å²) in [5.41, 5.74) is 7.95. The van der Waals surface area contributed by atoms with Gasteiger partial charge in [0.15, 0.2) is 5.43 Å². The summed E-state index contributed by atoms with van der Waals surface area (Å²) < 4.78 is 0. The standard InChI is InChI=1S/C20H20ClN3O3/c1-10-6-12(20(2,3)9-25)13(21)7-11(10)15-8-16(26)17-14(24-15)4-5-23-18(17)19(22)27/h4-8,25H,9H2,1-3H3,(H2,22,27)(H,24,26). The van der Waals surface area contributed by atoms with E-state index >= 15 is 0 Å². The number of rotatable bonds is 4. The van der Waals surface area contributed by atoms with Crippen molar-refractivity contribution in [3.63, 3.8) is 0 Å². The molecule has 0 fully saturated rings. The van der Waals surface area contributed by atoms with E-state index in [0.717, 1.165) is 16.7 Å². The molecule has 140 valence electrons. The number of nitrogens with one attached hydrogen (secondary N) is 1. The number of aromatic amines is 1. The molecule has 7 heteroatoms. The zero-order valence-corrected chi connectivity index (χ0v) is 16.0. The molecule has 0 spiro atoms. The van der Waals surface area contributed by atoms with Crippen molar-refractivity contribution in [3.8, 4) is 11.3 Å². The number of primary amides is 1. The van der Waals surface area contributed by atoms with Crippen molar-refractivity contribution in [2.24, 2.45) is 5.73 Å². The summed E-state index contributed by atoms with van der Waals surface area (Å²) in [6.07, 6.45) is 1.43. The van der Waals surface area contributed by atoms with E-state index in [0.29, 0.717) is 16.2 Å². The number of carbonyl (C=O) groups is 1. The first-order valence-corrected chi connectivity index (χ1v) is 8.77. The predicted molar refractivity (Wildman–Crippen MR) is 106 cm³/mol. The first-order chi connectivity index (χ1) is 12.7. The number of hydrogen-bond donors (Lipinski definition) is 3. The number of hydrogen-bond acceptors (Lipinski definition) is 4. The topological polar surface area (TPSA) is 109 Å². The molecule has 3 aromatic rings. The van der Waals surface area contributed by atoms with Gasteiger partial charge in [-0.05, 0) is 30.2 Å². The summed E-state index contributed by atoms with van der Waals surface area (Å²) >= 11 is 6.47. The number of aliphatic hydroxyl groups is 1. The van der Waals surface area contributed by atoms with Gasteiger partial charge in [0.2, 0.25) is 0 Å². The van der Waals surface area contributed by atoms with Gasteiger partial charge in [-0.1, -0.05) is 31.5 Å². The second kappa shape index (κ2) is 6.79. The molecule has 4 N–H and O–H groups in total. The molecule has 0 radical (unpaired) electrons. The van der Waals surface area contributed by atoms with Crippen molar-refractivity contribution < 1.29 is 9.90 Å². The summed E-state index contributed by atoms with van der Waals surface area (Å²) in [7, 11) is 0. The number of carbonyl (C=O) groups excluding carboxylic acids is 1. The van der Waals surface area contributed by atoms with Crippen LogP contribution < -0.4 is 11.2 Å². The number of benzene rings is 1. The molecule has 0 aliphatic carbocycles. The van der Waals surface area contributed by atoms with Crippen molar-refractivity contribution in [2.75, 3.05) is 6.61 Å². The van der Waals surface area contributed by atoms with E-state index in [4.69, 9.17) is 17.3 Å². The summed E-state index contributed by atoms with van der Waals surface area (Å²) in [5.74, 6) is -0.756. The Bertz CT molecular complexity index is 1120. The Hall–Kier alpha value is -2.70. The quantitative estimate of drug-likeness (QED) is 0.641. The van der Waals surface area contributed by atoms with Crippen LogP contribution in [0.3, 0.4) is 0 Å². The first-order valence-electron chi connectivity index (χ1n) is 8.39. The summed E-state index contributed by atoms with van der Waals surface area (Å²) in [4.78, 5) is 31.3. The fraction of sp³-hybridized carbons (Fsp3) is 0.250. The zero-order valence-electron chi connectivity index (χ0n) is 15.3. The highest BCUT2D eigenvalue weighted by Crippen LogP contribution is 2.35. The van der Waals surface area contributed by atoms with E-state index in [-0.39, 0.29) is 23.1 Å². The van der Waals surface area contributed by atoms with Crippen LogP contribution in [-0.2, 0) is 5.41 Å². The number of aryl methyl sites for hydroxylation is 1. The van der Waals surface area contributed by atoms with Gasteiger partial charge in [-0.25, -0.2) is 0 Å². The van der Waals surface area contributed by atoms with E-state index in [9.17, 15) is 14.7 Å². The van der Waals surface area contributed by atoms with Crippen molar-refractivity contribution in [1.29, 1.82) is 0 Å². The maximum absolute atomic E-state index is 12.6. The molecule has 0 aliphatic rings. The largest absolute Gasteiger partial charge is 0.395 e. The molecule has 2 heterocycles. The number of halogens is 1. The van der Waals surface area contributed by atoms with Crippen LogP contribution in [-0.4, -0.2) is 27.6 Å². The Kier molecular flexibility index (Phi) is 4.80. The van der Waals surface area contributed by atoms with E-state index < -0.39 is 11.3 Å². The lowest BCUT2D eigenvalue weighted by molar-refractivity contribution is 0.0997. The lowest BCUT2D eigenvalue weighted by atomic mass is 9.83. The first kappa shape index (κ1) is 19.1. The van der Waals surface area contributed by atoms with Crippen LogP contribution in [0.15, 0.2) is 35.3 Å². The molecule has 3 rings (SSSR count). The van der Waals surface area contributed by atoms with Gasteiger partial charge >= 0.3 is 0 Å². The zero-order chi connectivity index (χ0) is 19.9. The van der Waals surface area contributed by atoms with Crippen molar-refractivity contribution in [3.05, 3.63) is 62.5 Å². The monoisotopic (exact) mass is 385 g/mol. The summed E-state index contributed by atoms with van der Waals surface area (Å²) in [6, 6.07) is 6.72. The van der Waals surface area contributed by atoms with Gasteiger partial charge in [-0.2, -0.15) is 0 Å². The number of amides is 1. The van der Waals surface area contributed by atoms with Crippen LogP contribution in [0.25, 0.3) is 22.2 Å². The molecule has 27 heavy (non-hydrogen) atoms. The molecule has 1 amide bonds. The number of aliphatic hydroxyl groups excluding tert-OH is 1. The van der Waals surface area contributed by atoms with Crippen LogP contribution in [0, 0.1) is 6.92 Å². The number of aromatic nitrogens is 2. The predicted octanol–water partition coefficient (Wildman–Crippen LogP) is 2.92. The molecule has 0 atom stereocenters. The lowest BCUT2D eigenvalue weighted by Crippen LogP contribution is -2.22. The van der Waals surface area contributed by atoms with Crippen molar-refractivity contribution >= 4 is 28.4 Å². The van der Waals surface area contributed by atoms with Gasteiger partial charge < -0.3 is 15.8 Å². The van der Waals surface area contributed by atoms with Crippen LogP contribution in [0.2, 0.25) is 5.02 Å². The Morgan fingerprint density at radius 2 is 2.04 bits per heavy atom. The van der Waals surface area contributed by atoms with Crippen molar-refractivity contribution in [2.45, 2.75) is 26.2 Å². The maximum Gasteiger partial charge on any atom is 0.268 e. The van der Waals surface area contributed by atoms with Crippen molar-refractivity contribution in [1.82, 2.24) is 9.97 Å². The summed E-state index contributed by atoms with van der Waals surface area (Å²) in [6.45, 7) is 5.68. The Morgan fingerprint density at radius 3 is 2.67 bits per heavy atom. The molecule has 0 saturated carbocycles. The highest BCUT2D eigenvalue weighted by Gasteiger charge is 2.24. The van der Waals surface area contributed by atoms with Gasteiger partial charge in [0.25, 0.3) is 5.91 Å². The number of pyridine rings is 2. The second-order valence-corrected chi connectivity index (χ2v) is 7.59. The molecule has 0 bridgehead atoms. The van der Waals surface area contributed by atoms with Gasteiger partial charge in [0.1, 0.15) is 5.69 Å². The summed E-state index contributed by atoms with van der Waals surface area (Å²) in [5, 5.41) is 10.3. The van der Waals surface area contributed by atoms with E-state index in [1.165, 1.54) is 12.3 Å². The Labute approximate surface area is 161 Å². The molecule has 1 aromatic carbocycles. The van der Waals surface area contributed by atoms with E-state index in [1.807, 2.05) is 26.8 Å². The average Bonchev–Trinajstić information content (AvgIpc) is 2.62. The van der Waals surface area contributed by atoms with Crippen LogP contribution in [0.5, 0.6) is 0 Å². The minimum atomic E-state index is -0.756. The molecular weight excluding hydrogens is 366 g/mol. The minimum absolute atomic E-state index is 0.0405. The van der Waals surface area contributed by atoms with Gasteiger partial charge in [-0.3, -0.25) is 14.6 Å². The Morgan fingerprint density at radius 1 is 1.33 bits per heavy atom. The van der Waals surface area contributed by atoms with E-state index in [2.05, 4.69) is 9.97 Å². The van der Waals surface area contributed by atoms with Crippen LogP contribution >= 0.6 is 11.6 Å². The number of fused-ring (bicyclic) bond motifs is 1. The molecular formula is C20H20ClN3O3. The fourth-order valence-electron chi connectivity index (χ4n) is 3.11. The average molecular weight is 386 g/mol. The lowest BCUT2D eigenvalue weighted by Gasteiger charge is -2.25.